The topological polar surface area (TPSA) is 80.1 Å². The van der Waals surface area contributed by atoms with E-state index in [0.717, 1.165) is 0 Å². The van der Waals surface area contributed by atoms with Crippen LogP contribution < -0.4 is 4.90 Å². The number of methoxy groups -OCH3 is 1. The molecule has 1 aliphatic rings. The van der Waals surface area contributed by atoms with Crippen molar-refractivity contribution in [2.24, 2.45) is 4.99 Å². The first kappa shape index (κ1) is 24.4. The van der Waals surface area contributed by atoms with Crippen molar-refractivity contribution in [3.63, 3.8) is 0 Å². The Morgan fingerprint density at radius 1 is 1.20 bits per heavy atom. The Kier molecular flexibility index (Phi) is 7.48. The van der Waals surface area contributed by atoms with Crippen molar-refractivity contribution in [3.05, 3.63) is 78.0 Å². The summed E-state index contributed by atoms with van der Waals surface area (Å²) in [4.78, 5) is 14.7. The molecule has 182 valence electrons. The molecule has 3 aromatic rings. The summed E-state index contributed by atoms with van der Waals surface area (Å²) < 4.78 is 41.0. The third-order valence-electron chi connectivity index (χ3n) is 5.86. The first-order valence-corrected chi connectivity index (χ1v) is 11.1. The maximum Gasteiger partial charge on any atom is 0.136 e. The molecule has 1 atom stereocenters. The van der Waals surface area contributed by atoms with Crippen molar-refractivity contribution in [2.75, 3.05) is 38.3 Å². The van der Waals surface area contributed by atoms with Gasteiger partial charge in [-0.2, -0.15) is 0 Å². The van der Waals surface area contributed by atoms with Crippen LogP contribution in [0.3, 0.4) is 0 Å². The first-order valence-electron chi connectivity index (χ1n) is 11.1. The number of aliphatic hydroxyl groups excluding tert-OH is 1. The van der Waals surface area contributed by atoms with E-state index >= 15 is 8.78 Å². The minimum Gasteiger partial charge on any atom is -0.499 e. The molecule has 9 heteroatoms. The zero-order chi connectivity index (χ0) is 24.9. The number of aromatic nitrogens is 2. The summed E-state index contributed by atoms with van der Waals surface area (Å²) in [6, 6.07) is 7.25. The summed E-state index contributed by atoms with van der Waals surface area (Å²) in [7, 11) is 1.46. The number of allylic oxidation sites excluding steroid dienone is 2. The third-order valence-corrected chi connectivity index (χ3v) is 5.86. The average molecular weight is 481 g/mol. The van der Waals surface area contributed by atoms with Gasteiger partial charge in [0, 0.05) is 30.6 Å². The summed E-state index contributed by atoms with van der Waals surface area (Å²) in [6.45, 7) is 7.64. The Hall–Kier alpha value is -3.69. The van der Waals surface area contributed by atoms with Gasteiger partial charge < -0.3 is 19.5 Å². The molecule has 2 aromatic carbocycles. The SMILES string of the molecule is C=C/C=N\C(=C(/C)OC)C(O)c1ccc(F)c(-c2ncnc3cc(N4CCOCC4)cc(F)c23)c1. The highest BCUT2D eigenvalue weighted by Crippen LogP contribution is 2.35. The van der Waals surface area contributed by atoms with Crippen molar-refractivity contribution < 1.29 is 23.4 Å². The molecule has 1 fully saturated rings. The molecule has 0 bridgehead atoms. The van der Waals surface area contributed by atoms with E-state index in [1.165, 1.54) is 50.0 Å². The second-order valence-corrected chi connectivity index (χ2v) is 7.94. The van der Waals surface area contributed by atoms with E-state index in [-0.39, 0.29) is 22.3 Å². The number of hydrogen-bond donors (Lipinski definition) is 1. The van der Waals surface area contributed by atoms with Crippen LogP contribution in [-0.4, -0.2) is 54.7 Å². The van der Waals surface area contributed by atoms with Gasteiger partial charge in [-0.1, -0.05) is 18.7 Å². The number of ether oxygens (including phenoxy) is 2. The lowest BCUT2D eigenvalue weighted by molar-refractivity contribution is 0.122. The van der Waals surface area contributed by atoms with Crippen LogP contribution in [0.25, 0.3) is 22.2 Å². The monoisotopic (exact) mass is 480 g/mol. The van der Waals surface area contributed by atoms with Crippen molar-refractivity contribution in [3.8, 4) is 11.3 Å². The highest BCUT2D eigenvalue weighted by Gasteiger charge is 2.22. The van der Waals surface area contributed by atoms with Crippen LogP contribution in [0.2, 0.25) is 0 Å². The lowest BCUT2D eigenvalue weighted by Crippen LogP contribution is -2.36. The molecule has 1 aliphatic heterocycles. The lowest BCUT2D eigenvalue weighted by atomic mass is 9.98. The van der Waals surface area contributed by atoms with Gasteiger partial charge in [-0.05, 0) is 36.8 Å². The van der Waals surface area contributed by atoms with Gasteiger partial charge in [0.25, 0.3) is 0 Å². The Bertz CT molecular complexity index is 1300. The van der Waals surface area contributed by atoms with E-state index < -0.39 is 17.7 Å². The predicted molar refractivity (Wildman–Crippen MR) is 131 cm³/mol. The number of rotatable bonds is 7. The smallest absolute Gasteiger partial charge is 0.136 e. The van der Waals surface area contributed by atoms with Crippen LogP contribution in [0.5, 0.6) is 0 Å². The second kappa shape index (κ2) is 10.7. The van der Waals surface area contributed by atoms with Gasteiger partial charge in [-0.3, -0.25) is 4.99 Å². The number of aliphatic imine (C=N–C) groups is 1. The molecule has 0 aliphatic carbocycles. The van der Waals surface area contributed by atoms with Crippen LogP contribution >= 0.6 is 0 Å². The van der Waals surface area contributed by atoms with Crippen molar-refractivity contribution in [1.82, 2.24) is 9.97 Å². The van der Waals surface area contributed by atoms with Gasteiger partial charge in [0.2, 0.25) is 0 Å². The van der Waals surface area contributed by atoms with E-state index in [9.17, 15) is 5.11 Å². The average Bonchev–Trinajstić information content (AvgIpc) is 2.89. The third kappa shape index (κ3) is 5.06. The molecule has 1 saturated heterocycles. The number of aliphatic hydroxyl groups is 1. The normalized spacial score (nSPS) is 15.9. The van der Waals surface area contributed by atoms with Gasteiger partial charge in [-0.15, -0.1) is 0 Å². The largest absolute Gasteiger partial charge is 0.499 e. The molecule has 35 heavy (non-hydrogen) atoms. The van der Waals surface area contributed by atoms with Crippen molar-refractivity contribution >= 4 is 22.8 Å². The highest BCUT2D eigenvalue weighted by atomic mass is 19.1. The van der Waals surface area contributed by atoms with Crippen LogP contribution in [0.4, 0.5) is 14.5 Å². The Morgan fingerprint density at radius 2 is 1.97 bits per heavy atom. The van der Waals surface area contributed by atoms with Crippen LogP contribution in [0, 0.1) is 11.6 Å². The van der Waals surface area contributed by atoms with Crippen LogP contribution in [-0.2, 0) is 9.47 Å². The molecule has 1 unspecified atom stereocenters. The molecular weight excluding hydrogens is 454 g/mol. The molecule has 2 heterocycles. The number of fused-ring (bicyclic) bond motifs is 1. The molecule has 0 radical (unpaired) electrons. The fraction of sp³-hybridized carbons (Fsp3) is 0.269. The predicted octanol–water partition coefficient (Wildman–Crippen LogP) is 4.58. The number of halogens is 2. The minimum absolute atomic E-state index is 0.0362. The maximum absolute atomic E-state index is 15.4. The fourth-order valence-corrected chi connectivity index (χ4v) is 3.98. The molecular formula is C26H26F2N4O3. The standard InChI is InChI=1S/C26H26F2N4O3/c1-4-7-29-24(16(2)34-3)26(33)17-5-6-20(27)19(12-17)25-23-21(28)13-18(14-22(23)30-15-31-25)32-8-10-35-11-9-32/h4-7,12-15,26,33H,1,8-11H2,2-3H3/b24-16+,29-7-. The van der Waals surface area contributed by atoms with E-state index in [1.807, 2.05) is 4.90 Å². The van der Waals surface area contributed by atoms with E-state index in [0.29, 0.717) is 48.8 Å². The molecule has 0 saturated carbocycles. The number of morpholine rings is 1. The number of hydrogen-bond acceptors (Lipinski definition) is 7. The maximum atomic E-state index is 15.4. The summed E-state index contributed by atoms with van der Waals surface area (Å²) in [6.07, 6.45) is 2.94. The van der Waals surface area contributed by atoms with Gasteiger partial charge in [0.1, 0.15) is 35.5 Å². The summed E-state index contributed by atoms with van der Waals surface area (Å²) in [5, 5.41) is 11.1. The number of nitrogens with zero attached hydrogens (tertiary/aromatic N) is 4. The minimum atomic E-state index is -1.23. The molecule has 1 aromatic heterocycles. The zero-order valence-corrected chi connectivity index (χ0v) is 19.5. The fourth-order valence-electron chi connectivity index (χ4n) is 3.98. The van der Waals surface area contributed by atoms with Gasteiger partial charge in [-0.25, -0.2) is 18.7 Å². The molecule has 0 spiro atoms. The van der Waals surface area contributed by atoms with Crippen molar-refractivity contribution in [1.29, 1.82) is 0 Å². The second-order valence-electron chi connectivity index (χ2n) is 7.94. The number of benzene rings is 2. The molecule has 0 amide bonds. The van der Waals surface area contributed by atoms with Crippen LogP contribution in [0.1, 0.15) is 18.6 Å². The first-order chi connectivity index (χ1) is 16.9. The Morgan fingerprint density at radius 3 is 2.69 bits per heavy atom. The van der Waals surface area contributed by atoms with Gasteiger partial charge >= 0.3 is 0 Å². The summed E-state index contributed by atoms with van der Waals surface area (Å²) in [5.74, 6) is -0.784. The quantitative estimate of drug-likeness (QED) is 0.394. The number of anilines is 1. The Balaban J connectivity index is 1.81. The van der Waals surface area contributed by atoms with Crippen molar-refractivity contribution in [2.45, 2.75) is 13.0 Å². The van der Waals surface area contributed by atoms with Crippen LogP contribution in [0.15, 0.2) is 65.8 Å². The highest BCUT2D eigenvalue weighted by molar-refractivity contribution is 5.94. The zero-order valence-electron chi connectivity index (χ0n) is 19.5. The van der Waals surface area contributed by atoms with Gasteiger partial charge in [0.15, 0.2) is 0 Å². The molecule has 1 N–H and O–H groups in total. The van der Waals surface area contributed by atoms with E-state index in [2.05, 4.69) is 21.5 Å². The lowest BCUT2D eigenvalue weighted by Gasteiger charge is -2.29. The summed E-state index contributed by atoms with van der Waals surface area (Å²) in [5.41, 5.74) is 1.74. The van der Waals surface area contributed by atoms with E-state index in [1.54, 1.807) is 13.0 Å². The molecule has 7 nitrogen and oxygen atoms in total. The molecule has 4 rings (SSSR count). The summed E-state index contributed by atoms with van der Waals surface area (Å²) >= 11 is 0. The van der Waals surface area contributed by atoms with E-state index in [4.69, 9.17) is 9.47 Å². The van der Waals surface area contributed by atoms with Gasteiger partial charge in [0.05, 0.1) is 36.9 Å². The Labute approximate surface area is 202 Å².